The van der Waals surface area contributed by atoms with Crippen molar-refractivity contribution in [3.8, 4) is 28.7 Å². The standard InChI is InChI=1S/C30H38O12/c1-28(2,3)40-25(33)36-17-13-21-18(22(14-17)38-26(34)41-29(4,5)6)15-23(39-27(35)42-30(7,8)9)24(37-21)16-10-11-19(31)20(32)12-16/h10-14,23-24,31-32H,15H2,1-9H3/t23-,24-/m1/s1. The molecule has 3 rings (SSSR count). The third-order valence-corrected chi connectivity index (χ3v) is 5.28. The molecule has 12 heteroatoms. The predicted octanol–water partition coefficient (Wildman–Crippen LogP) is 6.72. The fourth-order valence-corrected chi connectivity index (χ4v) is 3.80. The smallest absolute Gasteiger partial charge is 0.504 e. The lowest BCUT2D eigenvalue weighted by Crippen LogP contribution is -2.37. The van der Waals surface area contributed by atoms with Crippen molar-refractivity contribution in [2.75, 3.05) is 0 Å². The van der Waals surface area contributed by atoms with E-state index < -0.39 is 53.2 Å². The van der Waals surface area contributed by atoms with Crippen molar-refractivity contribution < 1.29 is 57.8 Å². The van der Waals surface area contributed by atoms with E-state index in [-0.39, 0.29) is 29.4 Å². The summed E-state index contributed by atoms with van der Waals surface area (Å²) >= 11 is 0. The van der Waals surface area contributed by atoms with Gasteiger partial charge in [-0.3, -0.25) is 0 Å². The van der Waals surface area contributed by atoms with Gasteiger partial charge < -0.3 is 43.4 Å². The van der Waals surface area contributed by atoms with E-state index in [1.54, 1.807) is 62.3 Å². The molecule has 0 aliphatic carbocycles. The van der Waals surface area contributed by atoms with E-state index >= 15 is 0 Å². The number of carbonyl (C=O) groups excluding carboxylic acids is 3. The molecule has 230 valence electrons. The maximum Gasteiger partial charge on any atom is 0.514 e. The zero-order chi connectivity index (χ0) is 31.6. The number of ether oxygens (including phenoxy) is 7. The summed E-state index contributed by atoms with van der Waals surface area (Å²) in [5, 5.41) is 20.0. The minimum atomic E-state index is -1.05. The molecule has 12 nitrogen and oxygen atoms in total. The van der Waals surface area contributed by atoms with Gasteiger partial charge in [0, 0.05) is 29.7 Å². The second-order valence-corrected chi connectivity index (χ2v) is 12.6. The first-order valence-electron chi connectivity index (χ1n) is 13.3. The lowest BCUT2D eigenvalue weighted by molar-refractivity contribution is -0.0600. The molecule has 1 heterocycles. The predicted molar refractivity (Wildman–Crippen MR) is 148 cm³/mol. The largest absolute Gasteiger partial charge is 0.514 e. The highest BCUT2D eigenvalue weighted by Crippen LogP contribution is 2.45. The number of carbonyl (C=O) groups is 3. The van der Waals surface area contributed by atoms with Crippen LogP contribution in [0, 0.1) is 0 Å². The molecule has 0 spiro atoms. The molecule has 0 saturated heterocycles. The Morgan fingerprint density at radius 1 is 0.738 bits per heavy atom. The van der Waals surface area contributed by atoms with Gasteiger partial charge in [0.15, 0.2) is 23.7 Å². The summed E-state index contributed by atoms with van der Waals surface area (Å²) in [5.74, 6) is -0.809. The molecule has 2 N–H and O–H groups in total. The van der Waals surface area contributed by atoms with Crippen molar-refractivity contribution in [1.82, 2.24) is 0 Å². The molecule has 1 aliphatic rings. The van der Waals surface area contributed by atoms with Gasteiger partial charge in [-0.05, 0) is 74.4 Å². The van der Waals surface area contributed by atoms with Crippen LogP contribution in [0.5, 0.6) is 28.7 Å². The van der Waals surface area contributed by atoms with Crippen molar-refractivity contribution in [3.63, 3.8) is 0 Å². The van der Waals surface area contributed by atoms with Crippen LogP contribution in [0.2, 0.25) is 0 Å². The van der Waals surface area contributed by atoms with Crippen LogP contribution in [0.15, 0.2) is 30.3 Å². The van der Waals surface area contributed by atoms with Gasteiger partial charge in [-0.15, -0.1) is 0 Å². The number of benzene rings is 2. The normalized spacial score (nSPS) is 16.8. The van der Waals surface area contributed by atoms with Crippen LogP contribution in [-0.4, -0.2) is 51.6 Å². The molecule has 42 heavy (non-hydrogen) atoms. The molecule has 2 atom stereocenters. The summed E-state index contributed by atoms with van der Waals surface area (Å²) in [6.45, 7) is 15.0. The second-order valence-electron chi connectivity index (χ2n) is 12.6. The molecule has 0 fully saturated rings. The van der Waals surface area contributed by atoms with Crippen LogP contribution in [0.4, 0.5) is 14.4 Å². The summed E-state index contributed by atoms with van der Waals surface area (Å²) in [6.07, 6.45) is -5.14. The highest BCUT2D eigenvalue weighted by atomic mass is 16.8. The number of hydrogen-bond acceptors (Lipinski definition) is 12. The van der Waals surface area contributed by atoms with E-state index in [4.69, 9.17) is 33.2 Å². The molecule has 1 aliphatic heterocycles. The summed E-state index contributed by atoms with van der Waals surface area (Å²) in [5.41, 5.74) is -1.92. The van der Waals surface area contributed by atoms with Crippen molar-refractivity contribution in [1.29, 1.82) is 0 Å². The van der Waals surface area contributed by atoms with Crippen LogP contribution in [0.3, 0.4) is 0 Å². The number of rotatable bonds is 4. The molecule has 0 bridgehead atoms. The van der Waals surface area contributed by atoms with E-state index in [9.17, 15) is 24.6 Å². The van der Waals surface area contributed by atoms with Crippen LogP contribution >= 0.6 is 0 Å². The van der Waals surface area contributed by atoms with E-state index in [1.807, 2.05) is 0 Å². The molecule has 2 aromatic rings. The fourth-order valence-electron chi connectivity index (χ4n) is 3.80. The Bertz CT molecular complexity index is 1330. The van der Waals surface area contributed by atoms with Gasteiger partial charge in [0.2, 0.25) is 0 Å². The van der Waals surface area contributed by atoms with Crippen molar-refractivity contribution >= 4 is 18.5 Å². The minimum absolute atomic E-state index is 0.0499. The SMILES string of the molecule is CC(C)(C)OC(=O)Oc1cc(OC(=O)OC(C)(C)C)c2c(c1)O[C@H](c1ccc(O)c(O)c1)[C@H](OC(=O)OC(C)(C)C)C2. The van der Waals surface area contributed by atoms with E-state index in [2.05, 4.69) is 0 Å². The molecular formula is C30H38O12. The quantitative estimate of drug-likeness (QED) is 0.168. The summed E-state index contributed by atoms with van der Waals surface area (Å²) in [4.78, 5) is 37.7. The Hall–Kier alpha value is -4.35. The lowest BCUT2D eigenvalue weighted by Gasteiger charge is -2.34. The van der Waals surface area contributed by atoms with Gasteiger partial charge in [0.25, 0.3) is 0 Å². The number of aromatic hydroxyl groups is 2. The Balaban J connectivity index is 2.07. The summed E-state index contributed by atoms with van der Waals surface area (Å²) in [6, 6.07) is 6.67. The van der Waals surface area contributed by atoms with E-state index in [1.165, 1.54) is 30.3 Å². The highest BCUT2D eigenvalue weighted by molar-refractivity contribution is 5.69. The monoisotopic (exact) mass is 590 g/mol. The molecule has 0 aromatic heterocycles. The third-order valence-electron chi connectivity index (χ3n) is 5.28. The zero-order valence-electron chi connectivity index (χ0n) is 25.2. The topological polar surface area (TPSA) is 156 Å². The van der Waals surface area contributed by atoms with Crippen LogP contribution in [-0.2, 0) is 25.4 Å². The van der Waals surface area contributed by atoms with Gasteiger partial charge in [0.1, 0.15) is 34.1 Å². The van der Waals surface area contributed by atoms with Crippen molar-refractivity contribution in [2.45, 2.75) is 97.7 Å². The van der Waals surface area contributed by atoms with Gasteiger partial charge >= 0.3 is 18.5 Å². The Labute approximate surface area is 244 Å². The molecule has 0 saturated carbocycles. The first kappa shape index (κ1) is 32.2. The van der Waals surface area contributed by atoms with Crippen molar-refractivity contribution in [2.24, 2.45) is 0 Å². The van der Waals surface area contributed by atoms with Gasteiger partial charge in [-0.2, -0.15) is 0 Å². The number of phenols is 2. The van der Waals surface area contributed by atoms with E-state index in [0.717, 1.165) is 0 Å². The fraction of sp³-hybridized carbons (Fsp3) is 0.500. The Kier molecular flexibility index (Phi) is 9.09. The summed E-state index contributed by atoms with van der Waals surface area (Å²) < 4.78 is 38.6. The average Bonchev–Trinajstić information content (AvgIpc) is 2.77. The van der Waals surface area contributed by atoms with E-state index in [0.29, 0.717) is 11.1 Å². The maximum absolute atomic E-state index is 12.7. The number of fused-ring (bicyclic) bond motifs is 1. The second kappa shape index (κ2) is 11.9. The van der Waals surface area contributed by atoms with Crippen LogP contribution in [0.25, 0.3) is 0 Å². The lowest BCUT2D eigenvalue weighted by atomic mass is 9.93. The molecule has 0 unspecified atom stereocenters. The third kappa shape index (κ3) is 9.35. The Morgan fingerprint density at radius 3 is 1.83 bits per heavy atom. The zero-order valence-corrected chi connectivity index (χ0v) is 25.2. The van der Waals surface area contributed by atoms with Crippen LogP contribution in [0.1, 0.15) is 79.5 Å². The average molecular weight is 591 g/mol. The van der Waals surface area contributed by atoms with Gasteiger partial charge in [-0.25, -0.2) is 14.4 Å². The highest BCUT2D eigenvalue weighted by Gasteiger charge is 2.39. The molecule has 0 radical (unpaired) electrons. The first-order chi connectivity index (χ1) is 19.2. The minimum Gasteiger partial charge on any atom is -0.504 e. The number of phenolic OH excluding ortho intramolecular Hbond substituents is 2. The molecule has 0 amide bonds. The number of hydrogen-bond donors (Lipinski definition) is 2. The molecular weight excluding hydrogens is 552 g/mol. The van der Waals surface area contributed by atoms with Gasteiger partial charge in [-0.1, -0.05) is 6.07 Å². The molecule has 2 aromatic carbocycles. The van der Waals surface area contributed by atoms with Crippen molar-refractivity contribution in [3.05, 3.63) is 41.5 Å². The van der Waals surface area contributed by atoms with Crippen LogP contribution < -0.4 is 14.2 Å². The van der Waals surface area contributed by atoms with Gasteiger partial charge in [0.05, 0.1) is 0 Å². The maximum atomic E-state index is 12.7. The first-order valence-corrected chi connectivity index (χ1v) is 13.3. The summed E-state index contributed by atoms with van der Waals surface area (Å²) in [7, 11) is 0. The Morgan fingerprint density at radius 2 is 1.29 bits per heavy atom.